The Morgan fingerprint density at radius 3 is 2.62 bits per heavy atom. The van der Waals surface area contributed by atoms with E-state index in [0.29, 0.717) is 17.7 Å². The van der Waals surface area contributed by atoms with Crippen molar-refractivity contribution >= 4 is 11.6 Å². The van der Waals surface area contributed by atoms with Gasteiger partial charge >= 0.3 is 0 Å². The molecule has 0 radical (unpaired) electrons. The summed E-state index contributed by atoms with van der Waals surface area (Å²) in [5.74, 6) is -0.120. The van der Waals surface area contributed by atoms with Crippen LogP contribution in [0.2, 0.25) is 0 Å². The monoisotopic (exact) mass is 322 g/mol. The molecule has 1 saturated carbocycles. The number of para-hydroxylation sites is 1. The van der Waals surface area contributed by atoms with Crippen LogP contribution in [0.5, 0.6) is 5.75 Å². The lowest BCUT2D eigenvalue weighted by Crippen LogP contribution is -2.28. The van der Waals surface area contributed by atoms with Gasteiger partial charge in [-0.25, -0.2) is 0 Å². The Hall–Kier alpha value is -2.88. The minimum atomic E-state index is -1.15. The number of hydrogen-bond acceptors (Lipinski definition) is 4. The highest BCUT2D eigenvalue weighted by Crippen LogP contribution is 2.57. The molecule has 2 aromatic rings. The van der Waals surface area contributed by atoms with E-state index in [2.05, 4.69) is 13.2 Å². The maximum Gasteiger partial charge on any atom is 0.212 e. The van der Waals surface area contributed by atoms with Gasteiger partial charge < -0.3 is 9.15 Å². The predicted molar refractivity (Wildman–Crippen MR) is 90.2 cm³/mol. The number of allylic oxidation sites excluding steroid dienone is 1. The number of benzene rings is 1. The molecule has 122 valence electrons. The zero-order valence-corrected chi connectivity index (χ0v) is 13.2. The van der Waals surface area contributed by atoms with E-state index < -0.39 is 5.41 Å². The van der Waals surface area contributed by atoms with Crippen LogP contribution in [0.1, 0.15) is 27.3 Å². The van der Waals surface area contributed by atoms with Gasteiger partial charge in [0.2, 0.25) is 5.78 Å². The second-order valence-electron chi connectivity index (χ2n) is 5.75. The fraction of sp³-hybridized carbons (Fsp3) is 0.200. The summed E-state index contributed by atoms with van der Waals surface area (Å²) >= 11 is 0. The first-order valence-electron chi connectivity index (χ1n) is 7.73. The molecule has 1 heterocycles. The molecule has 1 aromatic carbocycles. The maximum absolute atomic E-state index is 13.2. The molecule has 0 spiro atoms. The van der Waals surface area contributed by atoms with Crippen molar-refractivity contribution < 1.29 is 18.7 Å². The minimum absolute atomic E-state index is 0.192. The van der Waals surface area contributed by atoms with Crippen LogP contribution >= 0.6 is 0 Å². The Balaban J connectivity index is 1.99. The first-order chi connectivity index (χ1) is 11.6. The number of Topliss-reactive ketones (excluding diaryl/α,β-unsaturated/α-hetero) is 2. The largest absolute Gasteiger partial charge is 0.489 e. The molecule has 0 amide bonds. The van der Waals surface area contributed by atoms with Crippen molar-refractivity contribution in [2.75, 3.05) is 6.61 Å². The van der Waals surface area contributed by atoms with Crippen LogP contribution < -0.4 is 4.74 Å². The number of ketones is 2. The van der Waals surface area contributed by atoms with E-state index in [1.807, 2.05) is 0 Å². The Bertz CT molecular complexity index is 788. The SMILES string of the molecule is C=CCOc1ccccc1C(=O)C1(C(=O)c2ccco2)CC1C=C. The quantitative estimate of drug-likeness (QED) is 0.417. The molecule has 24 heavy (non-hydrogen) atoms. The van der Waals surface area contributed by atoms with Crippen molar-refractivity contribution in [3.8, 4) is 5.75 Å². The minimum Gasteiger partial charge on any atom is -0.489 e. The summed E-state index contributed by atoms with van der Waals surface area (Å²) < 4.78 is 10.8. The number of hydrogen-bond donors (Lipinski definition) is 0. The molecule has 1 aliphatic rings. The van der Waals surface area contributed by atoms with Crippen LogP contribution in [0.25, 0.3) is 0 Å². The van der Waals surface area contributed by atoms with Crippen molar-refractivity contribution in [3.05, 3.63) is 79.3 Å². The van der Waals surface area contributed by atoms with Crippen LogP contribution in [0.3, 0.4) is 0 Å². The summed E-state index contributed by atoms with van der Waals surface area (Å²) in [6.45, 7) is 7.65. The molecule has 3 rings (SSSR count). The van der Waals surface area contributed by atoms with Gasteiger partial charge in [-0.3, -0.25) is 9.59 Å². The van der Waals surface area contributed by atoms with E-state index in [1.165, 1.54) is 6.26 Å². The average Bonchev–Trinajstić information content (AvgIpc) is 3.11. The number of rotatable bonds is 8. The number of carbonyl (C=O) groups excluding carboxylic acids is 2. The fourth-order valence-electron chi connectivity index (χ4n) is 2.99. The van der Waals surface area contributed by atoms with E-state index in [-0.39, 0.29) is 29.9 Å². The normalized spacial score (nSPS) is 21.8. The summed E-state index contributed by atoms with van der Waals surface area (Å²) in [4.78, 5) is 26.1. The summed E-state index contributed by atoms with van der Waals surface area (Å²) in [5, 5.41) is 0. The van der Waals surface area contributed by atoms with Gasteiger partial charge in [0.1, 0.15) is 17.8 Å². The lowest BCUT2D eigenvalue weighted by molar-refractivity contribution is 0.0753. The smallest absolute Gasteiger partial charge is 0.212 e. The van der Waals surface area contributed by atoms with Gasteiger partial charge in [0, 0.05) is 0 Å². The first kappa shape index (κ1) is 16.0. The lowest BCUT2D eigenvalue weighted by atomic mass is 9.86. The summed E-state index contributed by atoms with van der Waals surface area (Å²) in [6.07, 6.45) is 5.13. The Morgan fingerprint density at radius 2 is 2.00 bits per heavy atom. The van der Waals surface area contributed by atoms with Gasteiger partial charge in [-0.15, -0.1) is 6.58 Å². The van der Waals surface area contributed by atoms with Crippen LogP contribution in [0, 0.1) is 11.3 Å². The average molecular weight is 322 g/mol. The first-order valence-corrected chi connectivity index (χ1v) is 7.73. The third-order valence-corrected chi connectivity index (χ3v) is 4.34. The summed E-state index contributed by atoms with van der Waals surface area (Å²) in [7, 11) is 0. The molecule has 1 aliphatic carbocycles. The number of furan rings is 1. The van der Waals surface area contributed by atoms with Crippen LogP contribution in [-0.4, -0.2) is 18.2 Å². The van der Waals surface area contributed by atoms with Crippen molar-refractivity contribution in [3.63, 3.8) is 0 Å². The molecule has 1 fully saturated rings. The fourth-order valence-corrected chi connectivity index (χ4v) is 2.99. The second-order valence-corrected chi connectivity index (χ2v) is 5.75. The molecule has 1 aromatic heterocycles. The van der Waals surface area contributed by atoms with E-state index in [4.69, 9.17) is 9.15 Å². The van der Waals surface area contributed by atoms with Gasteiger partial charge in [-0.05, 0) is 36.6 Å². The molecular weight excluding hydrogens is 304 g/mol. The zero-order valence-electron chi connectivity index (χ0n) is 13.2. The van der Waals surface area contributed by atoms with E-state index in [1.54, 1.807) is 48.6 Å². The van der Waals surface area contributed by atoms with Gasteiger partial charge in [0.15, 0.2) is 11.5 Å². The molecule has 0 bridgehead atoms. The van der Waals surface area contributed by atoms with Gasteiger partial charge in [-0.1, -0.05) is 30.9 Å². The Morgan fingerprint density at radius 1 is 1.21 bits per heavy atom. The topological polar surface area (TPSA) is 56.5 Å². The molecule has 4 heteroatoms. The number of carbonyl (C=O) groups is 2. The Kier molecular flexibility index (Phi) is 4.21. The van der Waals surface area contributed by atoms with Crippen LogP contribution in [0.4, 0.5) is 0 Å². The summed E-state index contributed by atoms with van der Waals surface area (Å²) in [6, 6.07) is 10.1. The molecular formula is C20H18O4. The Labute approximate surface area is 140 Å². The highest BCUT2D eigenvalue weighted by Gasteiger charge is 2.64. The predicted octanol–water partition coefficient (Wildman–Crippen LogP) is 4.10. The summed E-state index contributed by atoms with van der Waals surface area (Å²) in [5.41, 5.74) is -0.753. The number of ether oxygens (including phenoxy) is 1. The molecule has 0 saturated heterocycles. The maximum atomic E-state index is 13.2. The van der Waals surface area contributed by atoms with Crippen LogP contribution in [-0.2, 0) is 0 Å². The third kappa shape index (κ3) is 2.50. The molecule has 2 unspecified atom stereocenters. The van der Waals surface area contributed by atoms with Crippen LogP contribution in [0.15, 0.2) is 72.4 Å². The third-order valence-electron chi connectivity index (χ3n) is 4.34. The molecule has 0 N–H and O–H groups in total. The van der Waals surface area contributed by atoms with Crippen molar-refractivity contribution in [1.29, 1.82) is 0 Å². The molecule has 2 atom stereocenters. The van der Waals surface area contributed by atoms with Crippen molar-refractivity contribution in [2.45, 2.75) is 6.42 Å². The van der Waals surface area contributed by atoms with E-state index in [0.717, 1.165) is 0 Å². The second kappa shape index (κ2) is 6.32. The standard InChI is InChI=1S/C20H18O4/c1-3-11-23-16-9-6-5-8-15(16)18(21)20(13-14(20)4-2)19(22)17-10-7-12-24-17/h3-10,12,14H,1-2,11,13H2. The van der Waals surface area contributed by atoms with Gasteiger partial charge in [0.25, 0.3) is 0 Å². The lowest BCUT2D eigenvalue weighted by Gasteiger charge is -2.16. The van der Waals surface area contributed by atoms with Gasteiger partial charge in [-0.2, -0.15) is 0 Å². The zero-order chi connectivity index (χ0) is 17.2. The van der Waals surface area contributed by atoms with E-state index >= 15 is 0 Å². The molecule has 4 nitrogen and oxygen atoms in total. The molecule has 0 aliphatic heterocycles. The van der Waals surface area contributed by atoms with Crippen molar-refractivity contribution in [2.24, 2.45) is 11.3 Å². The van der Waals surface area contributed by atoms with Gasteiger partial charge in [0.05, 0.1) is 11.8 Å². The highest BCUT2D eigenvalue weighted by molar-refractivity contribution is 6.22. The van der Waals surface area contributed by atoms with E-state index in [9.17, 15) is 9.59 Å². The highest BCUT2D eigenvalue weighted by atomic mass is 16.5. The van der Waals surface area contributed by atoms with Crippen molar-refractivity contribution in [1.82, 2.24) is 0 Å².